The van der Waals surface area contributed by atoms with Gasteiger partial charge >= 0.3 is 5.97 Å². The van der Waals surface area contributed by atoms with Crippen LogP contribution < -0.4 is 0 Å². The summed E-state index contributed by atoms with van der Waals surface area (Å²) in [6.45, 7) is 1.66. The summed E-state index contributed by atoms with van der Waals surface area (Å²) in [7, 11) is 0. The van der Waals surface area contributed by atoms with Gasteiger partial charge in [-0.3, -0.25) is 0 Å². The number of oxime groups is 1. The summed E-state index contributed by atoms with van der Waals surface area (Å²) in [5.74, 6) is -1.46. The second-order valence-corrected chi connectivity index (χ2v) is 4.27. The summed E-state index contributed by atoms with van der Waals surface area (Å²) in [4.78, 5) is 20.2. The summed E-state index contributed by atoms with van der Waals surface area (Å²) in [5, 5.41) is 6.07. The number of rotatable bonds is 3. The minimum absolute atomic E-state index is 0.145. The zero-order valence-electron chi connectivity index (χ0n) is 9.46. The molecule has 18 heavy (non-hydrogen) atoms. The third kappa shape index (κ3) is 2.78. The van der Waals surface area contributed by atoms with Crippen molar-refractivity contribution in [1.29, 1.82) is 0 Å². The third-order valence-electron chi connectivity index (χ3n) is 2.10. The minimum atomic E-state index is -0.830. The summed E-state index contributed by atoms with van der Waals surface area (Å²) in [6.07, 6.45) is 1.62. The molecule has 0 atom stereocenters. The first-order valence-electron chi connectivity index (χ1n) is 5.09. The normalized spacial score (nSPS) is 11.3. The maximum absolute atomic E-state index is 13.3. The first-order valence-corrected chi connectivity index (χ1v) is 5.97. The molecule has 0 saturated carbocycles. The molecule has 0 spiro atoms. The molecule has 0 saturated heterocycles. The number of carbonyl (C=O) groups excluding carboxylic acids is 1. The molecule has 0 aliphatic heterocycles. The molecule has 0 aliphatic rings. The average molecular weight is 264 g/mol. The number of aromatic nitrogens is 1. The van der Waals surface area contributed by atoms with Gasteiger partial charge in [-0.05, 0) is 19.1 Å². The van der Waals surface area contributed by atoms with Gasteiger partial charge in [-0.25, -0.2) is 14.2 Å². The molecule has 0 amide bonds. The molecule has 2 aromatic rings. The fraction of sp³-hybridized carbons (Fsp3) is 0.0833. The molecule has 0 unspecified atom stereocenters. The van der Waals surface area contributed by atoms with Gasteiger partial charge in [0.15, 0.2) is 0 Å². The Morgan fingerprint density at radius 1 is 1.44 bits per heavy atom. The van der Waals surface area contributed by atoms with Crippen molar-refractivity contribution in [3.63, 3.8) is 0 Å². The van der Waals surface area contributed by atoms with Crippen LogP contribution in [-0.4, -0.2) is 16.7 Å². The number of benzene rings is 1. The van der Waals surface area contributed by atoms with Crippen molar-refractivity contribution in [2.24, 2.45) is 5.16 Å². The maximum atomic E-state index is 13.3. The van der Waals surface area contributed by atoms with Crippen LogP contribution in [0.15, 0.2) is 41.0 Å². The second kappa shape index (κ2) is 5.50. The van der Waals surface area contributed by atoms with Crippen LogP contribution in [0.3, 0.4) is 0 Å². The lowest BCUT2D eigenvalue weighted by Crippen LogP contribution is -2.05. The fourth-order valence-electron chi connectivity index (χ4n) is 1.23. The van der Waals surface area contributed by atoms with Crippen LogP contribution in [0.4, 0.5) is 4.39 Å². The van der Waals surface area contributed by atoms with Crippen LogP contribution in [0.5, 0.6) is 0 Å². The lowest BCUT2D eigenvalue weighted by molar-refractivity contribution is 0.0511. The van der Waals surface area contributed by atoms with E-state index in [1.54, 1.807) is 24.6 Å². The van der Waals surface area contributed by atoms with E-state index in [-0.39, 0.29) is 5.56 Å². The summed E-state index contributed by atoms with van der Waals surface area (Å²) < 4.78 is 13.3. The van der Waals surface area contributed by atoms with Gasteiger partial charge in [-0.2, -0.15) is 0 Å². The first kappa shape index (κ1) is 12.4. The van der Waals surface area contributed by atoms with Crippen LogP contribution in [0.1, 0.15) is 22.3 Å². The topological polar surface area (TPSA) is 51.5 Å². The Hall–Kier alpha value is -2.08. The van der Waals surface area contributed by atoms with E-state index in [9.17, 15) is 9.18 Å². The van der Waals surface area contributed by atoms with Crippen LogP contribution >= 0.6 is 11.3 Å². The van der Waals surface area contributed by atoms with Gasteiger partial charge in [0, 0.05) is 11.6 Å². The number of halogens is 1. The number of hydrogen-bond donors (Lipinski definition) is 0. The van der Waals surface area contributed by atoms with Gasteiger partial charge in [0.05, 0.1) is 5.56 Å². The highest BCUT2D eigenvalue weighted by Gasteiger charge is 2.12. The lowest BCUT2D eigenvalue weighted by Gasteiger charge is -2.00. The van der Waals surface area contributed by atoms with Gasteiger partial charge in [-0.15, -0.1) is 11.3 Å². The van der Waals surface area contributed by atoms with Crippen LogP contribution in [0, 0.1) is 5.82 Å². The SMILES string of the molecule is C/C(=N\OC(=O)c1ccccc1F)c1nccs1. The van der Waals surface area contributed by atoms with Crippen LogP contribution in [0.2, 0.25) is 0 Å². The summed E-state index contributed by atoms with van der Waals surface area (Å²) in [6, 6.07) is 5.58. The van der Waals surface area contributed by atoms with Crippen molar-refractivity contribution in [1.82, 2.24) is 4.98 Å². The summed E-state index contributed by atoms with van der Waals surface area (Å²) >= 11 is 1.37. The molecule has 92 valence electrons. The molecule has 6 heteroatoms. The number of nitrogens with zero attached hydrogens (tertiary/aromatic N) is 2. The van der Waals surface area contributed by atoms with Crippen molar-refractivity contribution < 1.29 is 14.0 Å². The van der Waals surface area contributed by atoms with E-state index >= 15 is 0 Å². The fourth-order valence-corrected chi connectivity index (χ4v) is 1.81. The maximum Gasteiger partial charge on any atom is 0.368 e. The van der Waals surface area contributed by atoms with E-state index in [4.69, 9.17) is 0 Å². The Morgan fingerprint density at radius 2 is 2.22 bits per heavy atom. The van der Waals surface area contributed by atoms with Gasteiger partial charge in [-0.1, -0.05) is 17.3 Å². The molecule has 1 aromatic heterocycles. The molecular formula is C12H9FN2O2S. The first-order chi connectivity index (χ1) is 8.68. The predicted octanol–water partition coefficient (Wildman–Crippen LogP) is 2.86. The largest absolute Gasteiger partial charge is 0.368 e. The van der Waals surface area contributed by atoms with Crippen molar-refractivity contribution >= 4 is 23.0 Å². The third-order valence-corrected chi connectivity index (χ3v) is 2.98. The van der Waals surface area contributed by atoms with Crippen molar-refractivity contribution in [3.8, 4) is 0 Å². The van der Waals surface area contributed by atoms with Gasteiger partial charge < -0.3 is 4.84 Å². The van der Waals surface area contributed by atoms with Crippen molar-refractivity contribution in [2.75, 3.05) is 0 Å². The summed E-state index contributed by atoms with van der Waals surface area (Å²) in [5.41, 5.74) is 0.322. The van der Waals surface area contributed by atoms with E-state index in [1.165, 1.54) is 29.5 Å². The average Bonchev–Trinajstić information content (AvgIpc) is 2.90. The van der Waals surface area contributed by atoms with Crippen molar-refractivity contribution in [2.45, 2.75) is 6.92 Å². The monoisotopic (exact) mass is 264 g/mol. The molecule has 4 nitrogen and oxygen atoms in total. The predicted molar refractivity (Wildman–Crippen MR) is 66.1 cm³/mol. The molecule has 0 fully saturated rings. The Morgan fingerprint density at radius 3 is 2.89 bits per heavy atom. The molecule has 0 aliphatic carbocycles. The Balaban J connectivity index is 2.09. The van der Waals surface area contributed by atoms with E-state index in [1.807, 2.05) is 0 Å². The molecular weight excluding hydrogens is 255 g/mol. The molecule has 1 aromatic carbocycles. The Labute approximate surface area is 107 Å². The van der Waals surface area contributed by atoms with E-state index < -0.39 is 11.8 Å². The van der Waals surface area contributed by atoms with Gasteiger partial charge in [0.2, 0.25) is 0 Å². The Kier molecular flexibility index (Phi) is 3.78. The highest BCUT2D eigenvalue weighted by molar-refractivity contribution is 7.11. The van der Waals surface area contributed by atoms with Gasteiger partial charge in [0.1, 0.15) is 16.5 Å². The zero-order valence-corrected chi connectivity index (χ0v) is 10.3. The highest BCUT2D eigenvalue weighted by atomic mass is 32.1. The standard InChI is InChI=1S/C12H9FN2O2S/c1-8(11-14-6-7-18-11)15-17-12(16)9-4-2-3-5-10(9)13/h2-7H,1H3/b15-8+. The smallest absolute Gasteiger partial charge is 0.312 e. The minimum Gasteiger partial charge on any atom is -0.312 e. The molecule has 1 heterocycles. The highest BCUT2D eigenvalue weighted by Crippen LogP contribution is 2.10. The van der Waals surface area contributed by atoms with Crippen LogP contribution in [-0.2, 0) is 4.84 Å². The zero-order chi connectivity index (χ0) is 13.0. The van der Waals surface area contributed by atoms with E-state index in [0.29, 0.717) is 10.7 Å². The molecule has 0 N–H and O–H groups in total. The van der Waals surface area contributed by atoms with Crippen molar-refractivity contribution in [3.05, 3.63) is 52.2 Å². The second-order valence-electron chi connectivity index (χ2n) is 3.37. The molecule has 2 rings (SSSR count). The van der Waals surface area contributed by atoms with E-state index in [0.717, 1.165) is 0 Å². The Bertz CT molecular complexity index is 582. The quantitative estimate of drug-likeness (QED) is 0.486. The lowest BCUT2D eigenvalue weighted by atomic mass is 10.2. The van der Waals surface area contributed by atoms with E-state index in [2.05, 4.69) is 15.0 Å². The number of carbonyl (C=O) groups is 1. The molecule has 0 bridgehead atoms. The van der Waals surface area contributed by atoms with Gasteiger partial charge in [0.25, 0.3) is 0 Å². The number of hydrogen-bond acceptors (Lipinski definition) is 5. The number of thiazole rings is 1. The molecule has 0 radical (unpaired) electrons. The van der Waals surface area contributed by atoms with Crippen LogP contribution in [0.25, 0.3) is 0 Å².